The highest BCUT2D eigenvalue weighted by Crippen LogP contribution is 2.46. The zero-order chi connectivity index (χ0) is 16.3. The van der Waals surface area contributed by atoms with Crippen molar-refractivity contribution in [3.8, 4) is 0 Å². The van der Waals surface area contributed by atoms with E-state index in [-0.39, 0.29) is 18.8 Å². The normalized spacial score (nSPS) is 14.8. The number of phosphoric acid groups is 1. The quantitative estimate of drug-likeness (QED) is 0.643. The lowest BCUT2D eigenvalue weighted by Crippen LogP contribution is -1.92. The van der Waals surface area contributed by atoms with Gasteiger partial charge in [-0.1, -0.05) is 49.6 Å². The van der Waals surface area contributed by atoms with Crippen molar-refractivity contribution in [2.24, 2.45) is 0 Å². The zero-order valence-corrected chi connectivity index (χ0v) is 12.7. The molecule has 0 aromatic heterocycles. The lowest BCUT2D eigenvalue weighted by molar-refractivity contribution is -0.132. The summed E-state index contributed by atoms with van der Waals surface area (Å²) in [5, 5.41) is 7.89. The molecule has 1 aliphatic rings. The van der Waals surface area contributed by atoms with Crippen LogP contribution in [0.3, 0.4) is 0 Å². The molecule has 0 unspecified atom stereocenters. The minimum atomic E-state index is -3.54. The van der Waals surface area contributed by atoms with E-state index in [2.05, 4.69) is 22.2 Å². The SMILES string of the molecule is C=C(C)C(=O)O.C=Cc1ccccc1.O=P1(O)OCCO1. The molecule has 7 heteroatoms. The van der Waals surface area contributed by atoms with Gasteiger partial charge in [0.1, 0.15) is 0 Å². The van der Waals surface area contributed by atoms with Crippen molar-refractivity contribution in [2.75, 3.05) is 13.2 Å². The van der Waals surface area contributed by atoms with E-state index >= 15 is 0 Å². The molecule has 0 saturated carbocycles. The highest BCUT2D eigenvalue weighted by atomic mass is 31.2. The van der Waals surface area contributed by atoms with Gasteiger partial charge in [0.25, 0.3) is 0 Å². The largest absolute Gasteiger partial charge is 0.478 e. The van der Waals surface area contributed by atoms with Crippen LogP contribution in [0.15, 0.2) is 49.1 Å². The van der Waals surface area contributed by atoms with E-state index in [0.29, 0.717) is 0 Å². The van der Waals surface area contributed by atoms with Gasteiger partial charge < -0.3 is 10.00 Å². The number of carboxylic acid groups (broad SMARTS) is 1. The van der Waals surface area contributed by atoms with Gasteiger partial charge in [-0.3, -0.25) is 9.05 Å². The molecule has 0 bridgehead atoms. The maximum Gasteiger partial charge on any atom is 0.472 e. The molecule has 0 spiro atoms. The standard InChI is InChI=1S/C8H8.C4H6O2.C2H5O4P/c1-2-8-6-4-3-5-7-8;1-3(2)4(5)6;3-7(4)5-1-2-6-7/h2-7H,1H2;1H2,2H3,(H,5,6);1-2H2,(H,3,4). The molecule has 116 valence electrons. The summed E-state index contributed by atoms with van der Waals surface area (Å²) in [6.45, 7) is 8.69. The van der Waals surface area contributed by atoms with Crippen molar-refractivity contribution >= 4 is 19.9 Å². The van der Waals surface area contributed by atoms with Gasteiger partial charge >= 0.3 is 13.8 Å². The van der Waals surface area contributed by atoms with Crippen LogP contribution in [0, 0.1) is 0 Å². The van der Waals surface area contributed by atoms with E-state index in [0.717, 1.165) is 0 Å². The van der Waals surface area contributed by atoms with Crippen LogP contribution in [0.2, 0.25) is 0 Å². The average Bonchev–Trinajstić information content (AvgIpc) is 2.85. The molecule has 0 atom stereocenters. The van der Waals surface area contributed by atoms with Crippen LogP contribution in [0.25, 0.3) is 6.08 Å². The third kappa shape index (κ3) is 10.7. The molecule has 1 aromatic carbocycles. The highest BCUT2D eigenvalue weighted by molar-refractivity contribution is 7.47. The molecule has 6 nitrogen and oxygen atoms in total. The summed E-state index contributed by atoms with van der Waals surface area (Å²) in [5.74, 6) is -0.935. The van der Waals surface area contributed by atoms with Crippen molar-refractivity contribution in [3.05, 3.63) is 54.6 Å². The number of rotatable bonds is 2. The van der Waals surface area contributed by atoms with Crippen LogP contribution in [-0.4, -0.2) is 29.2 Å². The first-order chi connectivity index (χ1) is 9.78. The first kappa shape index (κ1) is 19.3. The van der Waals surface area contributed by atoms with Gasteiger partial charge in [-0.05, 0) is 12.5 Å². The lowest BCUT2D eigenvalue weighted by atomic mass is 10.2. The number of phosphoric ester groups is 1. The molecular formula is C14H19O6P. The third-order valence-electron chi connectivity index (χ3n) is 1.99. The van der Waals surface area contributed by atoms with Crippen LogP contribution in [0.5, 0.6) is 0 Å². The summed E-state index contributed by atoms with van der Waals surface area (Å²) in [6, 6.07) is 10.0. The van der Waals surface area contributed by atoms with Crippen LogP contribution in [-0.2, 0) is 18.4 Å². The fourth-order valence-corrected chi connectivity index (χ4v) is 1.62. The Labute approximate surface area is 124 Å². The van der Waals surface area contributed by atoms with Crippen molar-refractivity contribution in [2.45, 2.75) is 6.92 Å². The Kier molecular flexibility index (Phi) is 9.25. The van der Waals surface area contributed by atoms with Gasteiger partial charge in [-0.15, -0.1) is 0 Å². The Bertz CT molecular complexity index is 489. The predicted octanol–water partition coefficient (Wildman–Crippen LogP) is 3.11. The molecule has 1 saturated heterocycles. The van der Waals surface area contributed by atoms with E-state index in [1.807, 2.05) is 36.4 Å². The Balaban J connectivity index is 0.000000290. The molecule has 1 heterocycles. The van der Waals surface area contributed by atoms with Crippen molar-refractivity contribution in [3.63, 3.8) is 0 Å². The van der Waals surface area contributed by atoms with Crippen molar-refractivity contribution < 1.29 is 28.4 Å². The molecular weight excluding hydrogens is 295 g/mol. The molecule has 1 fully saturated rings. The Morgan fingerprint density at radius 3 is 1.90 bits per heavy atom. The molecule has 0 aliphatic carbocycles. The monoisotopic (exact) mass is 314 g/mol. The van der Waals surface area contributed by atoms with Gasteiger partial charge in [-0.2, -0.15) is 0 Å². The van der Waals surface area contributed by atoms with E-state index in [9.17, 15) is 9.36 Å². The first-order valence-corrected chi connectivity index (χ1v) is 7.46. The van der Waals surface area contributed by atoms with E-state index in [1.54, 1.807) is 0 Å². The van der Waals surface area contributed by atoms with Gasteiger partial charge in [0, 0.05) is 5.57 Å². The minimum absolute atomic E-state index is 0.176. The van der Waals surface area contributed by atoms with Crippen LogP contribution in [0.1, 0.15) is 12.5 Å². The first-order valence-electron chi connectivity index (χ1n) is 5.96. The fraction of sp³-hybridized carbons (Fsp3) is 0.214. The maximum absolute atomic E-state index is 10.1. The highest BCUT2D eigenvalue weighted by Gasteiger charge is 2.26. The Morgan fingerprint density at radius 2 is 1.71 bits per heavy atom. The minimum Gasteiger partial charge on any atom is -0.478 e. The summed E-state index contributed by atoms with van der Waals surface area (Å²) in [6.07, 6.45) is 1.83. The molecule has 2 N–H and O–H groups in total. The second-order valence-electron chi connectivity index (χ2n) is 3.84. The van der Waals surface area contributed by atoms with Crippen molar-refractivity contribution in [1.82, 2.24) is 0 Å². The number of hydrogen-bond donors (Lipinski definition) is 2. The fourth-order valence-electron chi connectivity index (χ4n) is 0.932. The van der Waals surface area contributed by atoms with Gasteiger partial charge in [0.05, 0.1) is 13.2 Å². The summed E-state index contributed by atoms with van der Waals surface area (Å²) >= 11 is 0. The smallest absolute Gasteiger partial charge is 0.472 e. The number of benzene rings is 1. The number of carbonyl (C=O) groups is 1. The second kappa shape index (κ2) is 10.1. The maximum atomic E-state index is 10.1. The van der Waals surface area contributed by atoms with E-state index < -0.39 is 13.8 Å². The zero-order valence-electron chi connectivity index (χ0n) is 11.8. The molecule has 2 rings (SSSR count). The lowest BCUT2D eigenvalue weighted by Gasteiger charge is -1.94. The molecule has 0 radical (unpaired) electrons. The number of aliphatic carboxylic acids is 1. The summed E-state index contributed by atoms with van der Waals surface area (Å²) in [5.41, 5.74) is 1.35. The van der Waals surface area contributed by atoms with E-state index in [1.165, 1.54) is 12.5 Å². The molecule has 1 aromatic rings. The van der Waals surface area contributed by atoms with Crippen LogP contribution < -0.4 is 0 Å². The predicted molar refractivity (Wildman–Crippen MR) is 80.7 cm³/mol. The Hall–Kier alpha value is -1.72. The molecule has 1 aliphatic heterocycles. The van der Waals surface area contributed by atoms with Gasteiger partial charge in [0.2, 0.25) is 0 Å². The Morgan fingerprint density at radius 1 is 1.29 bits per heavy atom. The number of hydrogen-bond acceptors (Lipinski definition) is 4. The third-order valence-corrected chi connectivity index (χ3v) is 3.01. The molecule has 0 amide bonds. The molecule has 21 heavy (non-hydrogen) atoms. The van der Waals surface area contributed by atoms with E-state index in [4.69, 9.17) is 10.00 Å². The second-order valence-corrected chi connectivity index (χ2v) is 5.29. The van der Waals surface area contributed by atoms with Crippen LogP contribution >= 0.6 is 7.82 Å². The van der Waals surface area contributed by atoms with Gasteiger partial charge in [-0.25, -0.2) is 9.36 Å². The summed E-state index contributed by atoms with van der Waals surface area (Å²) in [4.78, 5) is 17.9. The summed E-state index contributed by atoms with van der Waals surface area (Å²) in [7, 11) is -3.54. The number of carboxylic acids is 1. The van der Waals surface area contributed by atoms with Crippen molar-refractivity contribution in [1.29, 1.82) is 0 Å². The topological polar surface area (TPSA) is 93.1 Å². The van der Waals surface area contributed by atoms with Crippen LogP contribution in [0.4, 0.5) is 0 Å². The van der Waals surface area contributed by atoms with Gasteiger partial charge in [0.15, 0.2) is 0 Å². The summed E-state index contributed by atoms with van der Waals surface area (Å²) < 4.78 is 18.6. The average molecular weight is 314 g/mol.